The Morgan fingerprint density at radius 3 is 2.54 bits per heavy atom. The van der Waals surface area contributed by atoms with Crippen molar-refractivity contribution in [1.29, 1.82) is 0 Å². The molecule has 3 saturated carbocycles. The molecule has 2 heteroatoms. The lowest BCUT2D eigenvalue weighted by molar-refractivity contribution is -0.0670. The summed E-state index contributed by atoms with van der Waals surface area (Å²) in [7, 11) is -1.41. The van der Waals surface area contributed by atoms with Crippen LogP contribution in [0.15, 0.2) is 12.2 Å². The Balaban J connectivity index is 1.59. The molecule has 0 radical (unpaired) electrons. The topological polar surface area (TPSA) is 9.23 Å². The third kappa shape index (κ3) is 2.76. The number of rotatable bonds is 3. The van der Waals surface area contributed by atoms with Crippen molar-refractivity contribution < 1.29 is 4.43 Å². The third-order valence-electron chi connectivity index (χ3n) is 8.39. The molecular weight excluding hydrogens is 308 g/mol. The lowest BCUT2D eigenvalue weighted by Gasteiger charge is -2.58. The molecule has 0 bridgehead atoms. The van der Waals surface area contributed by atoms with Gasteiger partial charge in [0, 0.05) is 6.61 Å². The van der Waals surface area contributed by atoms with E-state index in [4.69, 9.17) is 4.43 Å². The van der Waals surface area contributed by atoms with Crippen molar-refractivity contribution in [1.82, 2.24) is 0 Å². The van der Waals surface area contributed by atoms with Crippen LogP contribution in [0.4, 0.5) is 0 Å². The number of hydrogen-bond acceptors (Lipinski definition) is 1. The van der Waals surface area contributed by atoms with Crippen LogP contribution in [0.5, 0.6) is 0 Å². The molecule has 24 heavy (non-hydrogen) atoms. The van der Waals surface area contributed by atoms with E-state index in [0.717, 1.165) is 30.3 Å². The van der Waals surface area contributed by atoms with Crippen molar-refractivity contribution in [2.24, 2.45) is 34.5 Å². The SMILES string of the molecule is C[C@]12CCCCC1C=C[C@H]1[C@@H]3CCC[C@@]3(CO[Si](C)(C)C)CC[C@@H]12. The van der Waals surface area contributed by atoms with E-state index >= 15 is 0 Å². The largest absolute Gasteiger partial charge is 0.417 e. The summed E-state index contributed by atoms with van der Waals surface area (Å²) in [5.41, 5.74) is 1.12. The van der Waals surface area contributed by atoms with Crippen molar-refractivity contribution in [3.8, 4) is 0 Å². The standard InChI is InChI=1S/C22H38OSi/c1-21-13-6-5-8-17(21)10-11-18-19(21)12-15-22(14-7-9-20(18)22)16-23-24(2,3)4/h10-11,17-20H,5-9,12-16H2,1-4H3/t17?,18-,19+,20+,21+,22+/m1/s1. The van der Waals surface area contributed by atoms with Crippen LogP contribution in [-0.4, -0.2) is 14.9 Å². The Hall–Kier alpha value is -0.0831. The quantitative estimate of drug-likeness (QED) is 0.423. The molecule has 1 unspecified atom stereocenters. The molecule has 0 aromatic carbocycles. The van der Waals surface area contributed by atoms with E-state index in [1.54, 1.807) is 0 Å². The zero-order valence-electron chi connectivity index (χ0n) is 16.4. The Kier molecular flexibility index (Phi) is 4.32. The molecule has 0 saturated heterocycles. The Morgan fingerprint density at radius 1 is 0.917 bits per heavy atom. The fourth-order valence-electron chi connectivity index (χ4n) is 7.07. The summed E-state index contributed by atoms with van der Waals surface area (Å²) in [5, 5.41) is 0. The maximum atomic E-state index is 6.50. The number of fused-ring (bicyclic) bond motifs is 5. The summed E-state index contributed by atoms with van der Waals surface area (Å²) in [5.74, 6) is 3.59. The summed E-state index contributed by atoms with van der Waals surface area (Å²) in [6, 6.07) is 0. The van der Waals surface area contributed by atoms with Crippen LogP contribution < -0.4 is 0 Å². The molecule has 0 aromatic heterocycles. The average molecular weight is 347 g/mol. The molecule has 0 N–H and O–H groups in total. The molecule has 1 nitrogen and oxygen atoms in total. The zero-order valence-corrected chi connectivity index (χ0v) is 17.4. The van der Waals surface area contributed by atoms with Crippen molar-refractivity contribution in [3.05, 3.63) is 12.2 Å². The van der Waals surface area contributed by atoms with Crippen LogP contribution >= 0.6 is 0 Å². The van der Waals surface area contributed by atoms with E-state index in [2.05, 4.69) is 38.7 Å². The Labute approximate surface area is 150 Å². The average Bonchev–Trinajstić information content (AvgIpc) is 2.96. The molecular formula is C22H38OSi. The molecule has 0 amide bonds. The predicted octanol–water partition coefficient (Wildman–Crippen LogP) is 6.42. The van der Waals surface area contributed by atoms with E-state index in [1.165, 1.54) is 57.8 Å². The highest BCUT2D eigenvalue weighted by atomic mass is 28.4. The summed E-state index contributed by atoms with van der Waals surface area (Å²) in [6.07, 6.45) is 18.5. The third-order valence-corrected chi connectivity index (χ3v) is 9.40. The van der Waals surface area contributed by atoms with Gasteiger partial charge in [0.15, 0.2) is 8.32 Å². The van der Waals surface area contributed by atoms with Gasteiger partial charge in [-0.05, 0) is 92.7 Å². The Morgan fingerprint density at radius 2 is 1.75 bits per heavy atom. The van der Waals surface area contributed by atoms with Gasteiger partial charge in [0.2, 0.25) is 0 Å². The van der Waals surface area contributed by atoms with Gasteiger partial charge in [-0.15, -0.1) is 0 Å². The second-order valence-corrected chi connectivity index (χ2v) is 15.2. The summed E-state index contributed by atoms with van der Waals surface area (Å²) < 4.78 is 6.50. The lowest BCUT2D eigenvalue weighted by Crippen LogP contribution is -2.52. The highest BCUT2D eigenvalue weighted by Gasteiger charge is 2.57. The number of hydrogen-bond donors (Lipinski definition) is 0. The lowest BCUT2D eigenvalue weighted by atomic mass is 9.47. The predicted molar refractivity (Wildman–Crippen MR) is 104 cm³/mol. The zero-order chi connectivity index (χ0) is 17.0. The number of allylic oxidation sites excluding steroid dienone is 2. The monoisotopic (exact) mass is 346 g/mol. The second kappa shape index (κ2) is 5.98. The summed E-state index contributed by atoms with van der Waals surface area (Å²) in [6.45, 7) is 10.8. The summed E-state index contributed by atoms with van der Waals surface area (Å²) in [4.78, 5) is 0. The van der Waals surface area contributed by atoms with Crippen LogP contribution in [0, 0.1) is 34.5 Å². The minimum atomic E-state index is -1.41. The molecule has 136 valence electrons. The second-order valence-electron chi connectivity index (χ2n) is 10.7. The first-order chi connectivity index (χ1) is 11.3. The summed E-state index contributed by atoms with van der Waals surface area (Å²) >= 11 is 0. The van der Waals surface area contributed by atoms with Crippen molar-refractivity contribution in [2.45, 2.75) is 84.4 Å². The van der Waals surface area contributed by atoms with Gasteiger partial charge in [-0.1, -0.05) is 38.3 Å². The molecule has 0 aliphatic heterocycles. The molecule has 0 spiro atoms. The molecule has 0 aromatic rings. The van der Waals surface area contributed by atoms with Crippen molar-refractivity contribution >= 4 is 8.32 Å². The van der Waals surface area contributed by atoms with Crippen LogP contribution in [0.3, 0.4) is 0 Å². The van der Waals surface area contributed by atoms with E-state index in [-0.39, 0.29) is 0 Å². The van der Waals surface area contributed by atoms with Crippen LogP contribution in [0.2, 0.25) is 19.6 Å². The highest BCUT2D eigenvalue weighted by molar-refractivity contribution is 6.69. The minimum absolute atomic E-state index is 0.518. The molecule has 4 rings (SSSR count). The van der Waals surface area contributed by atoms with E-state index < -0.39 is 8.32 Å². The first-order valence-electron chi connectivity index (χ1n) is 10.7. The van der Waals surface area contributed by atoms with Gasteiger partial charge in [0.25, 0.3) is 0 Å². The molecule has 3 fully saturated rings. The van der Waals surface area contributed by atoms with E-state index in [9.17, 15) is 0 Å². The van der Waals surface area contributed by atoms with Gasteiger partial charge in [0.05, 0.1) is 0 Å². The van der Waals surface area contributed by atoms with Crippen LogP contribution in [0.25, 0.3) is 0 Å². The molecule has 4 aliphatic carbocycles. The van der Waals surface area contributed by atoms with Gasteiger partial charge in [-0.25, -0.2) is 0 Å². The first kappa shape index (κ1) is 17.3. The van der Waals surface area contributed by atoms with Gasteiger partial charge in [0.1, 0.15) is 0 Å². The first-order valence-corrected chi connectivity index (χ1v) is 14.1. The van der Waals surface area contributed by atoms with E-state index in [1.807, 2.05) is 0 Å². The highest BCUT2D eigenvalue weighted by Crippen LogP contribution is 2.64. The molecule has 6 atom stereocenters. The van der Waals surface area contributed by atoms with Crippen LogP contribution in [0.1, 0.15) is 64.7 Å². The van der Waals surface area contributed by atoms with Gasteiger partial charge in [-0.2, -0.15) is 0 Å². The fourth-order valence-corrected chi connectivity index (χ4v) is 7.79. The minimum Gasteiger partial charge on any atom is -0.417 e. The molecule has 4 aliphatic rings. The van der Waals surface area contributed by atoms with Crippen LogP contribution in [-0.2, 0) is 4.43 Å². The van der Waals surface area contributed by atoms with Gasteiger partial charge in [-0.3, -0.25) is 0 Å². The van der Waals surface area contributed by atoms with E-state index in [0.29, 0.717) is 10.8 Å². The molecule has 0 heterocycles. The normalized spacial score (nSPS) is 47.8. The maximum absolute atomic E-state index is 6.50. The van der Waals surface area contributed by atoms with Crippen molar-refractivity contribution in [2.75, 3.05) is 6.61 Å². The smallest absolute Gasteiger partial charge is 0.183 e. The fraction of sp³-hybridized carbons (Fsp3) is 0.909. The Bertz CT molecular complexity index is 507. The maximum Gasteiger partial charge on any atom is 0.183 e. The van der Waals surface area contributed by atoms with Gasteiger partial charge >= 0.3 is 0 Å². The van der Waals surface area contributed by atoms with Gasteiger partial charge < -0.3 is 4.43 Å². The van der Waals surface area contributed by atoms with Crippen molar-refractivity contribution in [3.63, 3.8) is 0 Å².